The van der Waals surface area contributed by atoms with Gasteiger partial charge in [-0.1, -0.05) is 0 Å². The fourth-order valence-electron chi connectivity index (χ4n) is 1.24. The maximum Gasteiger partial charge on any atom is 0.419 e. The van der Waals surface area contributed by atoms with Gasteiger partial charge < -0.3 is 15.8 Å². The second kappa shape index (κ2) is 6.20. The predicted octanol–water partition coefficient (Wildman–Crippen LogP) is 1.82. The number of anilines is 1. The van der Waals surface area contributed by atoms with Crippen LogP contribution in [0.15, 0.2) is 10.7 Å². The normalized spacial score (nSPS) is 11.4. The molecule has 0 bridgehead atoms. The highest BCUT2D eigenvalue weighted by atomic mass is 79.9. The Labute approximate surface area is 115 Å². The molecule has 1 aromatic heterocycles. The van der Waals surface area contributed by atoms with Crippen LogP contribution in [0.5, 0.6) is 0 Å². The molecule has 0 spiro atoms. The van der Waals surface area contributed by atoms with Crippen molar-refractivity contribution in [3.05, 3.63) is 21.9 Å². The number of nitrogens with zero attached hydrogens (tertiary/aromatic N) is 1. The van der Waals surface area contributed by atoms with Crippen molar-refractivity contribution < 1.29 is 22.7 Å². The first-order valence-electron chi connectivity index (χ1n) is 5.07. The second-order valence-electron chi connectivity index (χ2n) is 3.51. The lowest BCUT2D eigenvalue weighted by Crippen LogP contribution is -2.29. The molecule has 0 atom stereocenters. The first-order chi connectivity index (χ1) is 8.77. The molecule has 3 N–H and O–H groups in total. The molecule has 0 radical (unpaired) electrons. The fourth-order valence-corrected chi connectivity index (χ4v) is 1.75. The standard InChI is InChI=1S/C10H11BrF3N3O2/c1-19-3-2-16-9(18)7-6(15)4-5(8(11)17-7)10(12,13)14/h4H,2-3,15H2,1H3,(H,16,18). The van der Waals surface area contributed by atoms with Crippen LogP contribution in [0.3, 0.4) is 0 Å². The molecular formula is C10H11BrF3N3O2. The smallest absolute Gasteiger partial charge is 0.397 e. The van der Waals surface area contributed by atoms with Crippen molar-refractivity contribution in [2.75, 3.05) is 26.0 Å². The van der Waals surface area contributed by atoms with Crippen molar-refractivity contribution in [1.82, 2.24) is 10.3 Å². The Morgan fingerprint density at radius 1 is 1.58 bits per heavy atom. The minimum atomic E-state index is -4.59. The molecule has 0 saturated heterocycles. The summed E-state index contributed by atoms with van der Waals surface area (Å²) in [6.07, 6.45) is -4.59. The third kappa shape index (κ3) is 4.06. The summed E-state index contributed by atoms with van der Waals surface area (Å²) in [5.74, 6) is -0.663. The van der Waals surface area contributed by atoms with Crippen LogP contribution in [0.2, 0.25) is 0 Å². The minimum Gasteiger partial charge on any atom is -0.397 e. The highest BCUT2D eigenvalue weighted by Gasteiger charge is 2.35. The van der Waals surface area contributed by atoms with Crippen molar-refractivity contribution in [3.63, 3.8) is 0 Å². The monoisotopic (exact) mass is 341 g/mol. The fraction of sp³-hybridized carbons (Fsp3) is 0.400. The Morgan fingerprint density at radius 3 is 2.74 bits per heavy atom. The lowest BCUT2D eigenvalue weighted by molar-refractivity contribution is -0.138. The molecule has 1 rings (SSSR count). The van der Waals surface area contributed by atoms with Crippen molar-refractivity contribution in [2.24, 2.45) is 0 Å². The lowest BCUT2D eigenvalue weighted by atomic mass is 10.2. The van der Waals surface area contributed by atoms with Crippen LogP contribution in [0.25, 0.3) is 0 Å². The number of hydrogen-bond donors (Lipinski definition) is 2. The number of amides is 1. The van der Waals surface area contributed by atoms with E-state index in [1.165, 1.54) is 7.11 Å². The number of nitrogens with two attached hydrogens (primary N) is 1. The van der Waals surface area contributed by atoms with Gasteiger partial charge in [0.2, 0.25) is 0 Å². The Bertz CT molecular complexity index is 480. The minimum absolute atomic E-state index is 0.203. The Balaban J connectivity index is 2.99. The third-order valence-corrected chi connectivity index (χ3v) is 2.72. The van der Waals surface area contributed by atoms with Gasteiger partial charge in [0.15, 0.2) is 5.69 Å². The predicted molar refractivity (Wildman–Crippen MR) is 65.6 cm³/mol. The molecule has 0 fully saturated rings. The van der Waals surface area contributed by atoms with E-state index in [1.54, 1.807) is 0 Å². The number of pyridine rings is 1. The van der Waals surface area contributed by atoms with Crippen LogP contribution in [0.1, 0.15) is 16.1 Å². The van der Waals surface area contributed by atoms with E-state index in [2.05, 4.69) is 26.2 Å². The number of aromatic nitrogens is 1. The van der Waals surface area contributed by atoms with Crippen LogP contribution in [-0.4, -0.2) is 31.2 Å². The van der Waals surface area contributed by atoms with E-state index in [4.69, 9.17) is 10.5 Å². The van der Waals surface area contributed by atoms with E-state index >= 15 is 0 Å². The molecule has 106 valence electrons. The van der Waals surface area contributed by atoms with Crippen LogP contribution in [-0.2, 0) is 10.9 Å². The van der Waals surface area contributed by atoms with Crippen molar-refractivity contribution in [2.45, 2.75) is 6.18 Å². The summed E-state index contributed by atoms with van der Waals surface area (Å²) in [7, 11) is 1.45. The number of hydrogen-bond acceptors (Lipinski definition) is 4. The summed E-state index contributed by atoms with van der Waals surface area (Å²) in [6.45, 7) is 0.475. The van der Waals surface area contributed by atoms with Crippen LogP contribution in [0, 0.1) is 0 Å². The first kappa shape index (κ1) is 15.7. The van der Waals surface area contributed by atoms with Gasteiger partial charge in [0.25, 0.3) is 5.91 Å². The summed E-state index contributed by atoms with van der Waals surface area (Å²) in [6, 6.07) is 0.669. The Hall–Kier alpha value is -1.35. The summed E-state index contributed by atoms with van der Waals surface area (Å²) in [5.41, 5.74) is 3.78. The third-order valence-electron chi connectivity index (χ3n) is 2.12. The van der Waals surface area contributed by atoms with Crippen molar-refractivity contribution in [1.29, 1.82) is 0 Å². The Kier molecular flexibility index (Phi) is 5.12. The van der Waals surface area contributed by atoms with E-state index in [1.807, 2.05) is 0 Å². The number of nitrogens with one attached hydrogen (secondary N) is 1. The zero-order chi connectivity index (χ0) is 14.6. The number of ether oxygens (including phenoxy) is 1. The molecule has 0 unspecified atom stereocenters. The van der Waals surface area contributed by atoms with E-state index in [-0.39, 0.29) is 24.5 Å². The number of nitrogen functional groups attached to an aromatic ring is 1. The molecule has 1 amide bonds. The number of methoxy groups -OCH3 is 1. The molecule has 0 aromatic carbocycles. The molecule has 0 aliphatic carbocycles. The summed E-state index contributed by atoms with van der Waals surface area (Å²) >= 11 is 2.68. The van der Waals surface area contributed by atoms with Gasteiger partial charge in [-0.15, -0.1) is 0 Å². The maximum atomic E-state index is 12.6. The van der Waals surface area contributed by atoms with Crippen molar-refractivity contribution >= 4 is 27.5 Å². The lowest BCUT2D eigenvalue weighted by Gasteiger charge is -2.12. The molecule has 0 saturated carbocycles. The van der Waals surface area contributed by atoms with Crippen LogP contribution in [0.4, 0.5) is 18.9 Å². The molecule has 1 heterocycles. The SMILES string of the molecule is COCCNC(=O)c1nc(Br)c(C(F)(F)F)cc1N. The van der Waals surface area contributed by atoms with Gasteiger partial charge in [-0.05, 0) is 22.0 Å². The van der Waals surface area contributed by atoms with Gasteiger partial charge in [0, 0.05) is 13.7 Å². The van der Waals surface area contributed by atoms with Gasteiger partial charge in [-0.3, -0.25) is 4.79 Å². The van der Waals surface area contributed by atoms with Gasteiger partial charge in [0.05, 0.1) is 17.9 Å². The molecule has 9 heteroatoms. The second-order valence-corrected chi connectivity index (χ2v) is 4.26. The zero-order valence-corrected chi connectivity index (χ0v) is 11.4. The largest absolute Gasteiger partial charge is 0.419 e. The average molecular weight is 342 g/mol. The van der Waals surface area contributed by atoms with E-state index in [0.717, 1.165) is 0 Å². The topological polar surface area (TPSA) is 77.2 Å². The van der Waals surface area contributed by atoms with Gasteiger partial charge in [-0.25, -0.2) is 4.98 Å². The molecular weight excluding hydrogens is 331 g/mol. The molecule has 5 nitrogen and oxygen atoms in total. The highest BCUT2D eigenvalue weighted by Crippen LogP contribution is 2.35. The van der Waals surface area contributed by atoms with E-state index in [0.29, 0.717) is 6.07 Å². The quantitative estimate of drug-likeness (QED) is 0.646. The van der Waals surface area contributed by atoms with Gasteiger partial charge in [0.1, 0.15) is 4.60 Å². The number of carbonyl (C=O) groups excluding carboxylic acids is 1. The van der Waals surface area contributed by atoms with Crippen LogP contribution >= 0.6 is 15.9 Å². The molecule has 19 heavy (non-hydrogen) atoms. The number of alkyl halides is 3. The summed E-state index contributed by atoms with van der Waals surface area (Å²) in [5, 5.41) is 2.42. The van der Waals surface area contributed by atoms with E-state index < -0.39 is 22.3 Å². The van der Waals surface area contributed by atoms with Crippen molar-refractivity contribution in [3.8, 4) is 0 Å². The van der Waals surface area contributed by atoms with Gasteiger partial charge >= 0.3 is 6.18 Å². The first-order valence-corrected chi connectivity index (χ1v) is 5.87. The average Bonchev–Trinajstić information content (AvgIpc) is 2.30. The zero-order valence-electron chi connectivity index (χ0n) is 9.84. The maximum absolute atomic E-state index is 12.6. The summed E-state index contributed by atoms with van der Waals surface area (Å²) in [4.78, 5) is 15.2. The molecule has 0 aliphatic heterocycles. The van der Waals surface area contributed by atoms with Crippen LogP contribution < -0.4 is 11.1 Å². The molecule has 0 aliphatic rings. The van der Waals surface area contributed by atoms with Gasteiger partial charge in [-0.2, -0.15) is 13.2 Å². The number of carbonyl (C=O) groups is 1. The van der Waals surface area contributed by atoms with E-state index in [9.17, 15) is 18.0 Å². The molecule has 1 aromatic rings. The Morgan fingerprint density at radius 2 is 2.21 bits per heavy atom. The summed E-state index contributed by atoms with van der Waals surface area (Å²) < 4.78 is 41.9. The number of rotatable bonds is 4. The number of halogens is 4. The highest BCUT2D eigenvalue weighted by molar-refractivity contribution is 9.10.